The summed E-state index contributed by atoms with van der Waals surface area (Å²) in [6.45, 7) is 1.52. The topological polar surface area (TPSA) is 54.4 Å². The molecule has 0 radical (unpaired) electrons. The average Bonchev–Trinajstić information content (AvgIpc) is 2.27. The Hall–Kier alpha value is -1.02. The molecule has 0 aliphatic rings. The highest BCUT2D eigenvalue weighted by molar-refractivity contribution is 9.10. The summed E-state index contributed by atoms with van der Waals surface area (Å²) < 4.78 is 37.4. The van der Waals surface area contributed by atoms with Crippen LogP contribution in [0, 0.1) is 0 Å². The van der Waals surface area contributed by atoms with Gasteiger partial charge in [-0.1, -0.05) is 28.1 Å². The predicted molar refractivity (Wildman–Crippen MR) is 72.4 cm³/mol. The van der Waals surface area contributed by atoms with Gasteiger partial charge in [0.1, 0.15) is 0 Å². The number of carbonyl (C=O) groups excluding carboxylic acids is 1. The summed E-state index contributed by atoms with van der Waals surface area (Å²) in [5.74, 6) is -1.75. The van der Waals surface area contributed by atoms with E-state index >= 15 is 0 Å². The van der Waals surface area contributed by atoms with Gasteiger partial charge in [0.05, 0.1) is 11.2 Å². The van der Waals surface area contributed by atoms with Gasteiger partial charge in [0.2, 0.25) is 0 Å². The van der Waals surface area contributed by atoms with Crippen LogP contribution in [0.3, 0.4) is 0 Å². The number of thioether (sulfide) groups is 1. The standard InChI is InChI=1S/C12H10BrF3O3S/c1-6(13)11(19)7-3-2-4-9(20-12(14,15)16)8(7)5-10(17)18/h2-4,6H,5H2,1H3,(H,17,18). The molecule has 0 aliphatic carbocycles. The van der Waals surface area contributed by atoms with E-state index in [1.54, 1.807) is 0 Å². The summed E-state index contributed by atoms with van der Waals surface area (Å²) in [5, 5.41) is 8.82. The summed E-state index contributed by atoms with van der Waals surface area (Å²) in [5.41, 5.74) is -4.67. The molecule has 1 aromatic rings. The average molecular weight is 371 g/mol. The van der Waals surface area contributed by atoms with Gasteiger partial charge in [-0.05, 0) is 30.3 Å². The number of Topliss-reactive ketones (excluding diaryl/α,β-unsaturated/α-hetero) is 1. The van der Waals surface area contributed by atoms with E-state index in [0.717, 1.165) is 6.07 Å². The highest BCUT2D eigenvalue weighted by Crippen LogP contribution is 2.39. The normalized spacial score (nSPS) is 13.1. The lowest BCUT2D eigenvalue weighted by Crippen LogP contribution is -2.16. The Kier molecular flexibility index (Phi) is 5.64. The molecule has 1 unspecified atom stereocenters. The molecule has 0 aromatic heterocycles. The van der Waals surface area contributed by atoms with E-state index in [9.17, 15) is 22.8 Å². The second-order valence-corrected chi connectivity index (χ2v) is 6.36. The molecule has 0 spiro atoms. The number of carboxylic acids is 1. The molecule has 8 heteroatoms. The van der Waals surface area contributed by atoms with Crippen LogP contribution in [-0.4, -0.2) is 27.2 Å². The van der Waals surface area contributed by atoms with Gasteiger partial charge < -0.3 is 5.11 Å². The summed E-state index contributed by atoms with van der Waals surface area (Å²) >= 11 is 2.62. The number of halogens is 4. The van der Waals surface area contributed by atoms with Crippen molar-refractivity contribution >= 4 is 39.4 Å². The van der Waals surface area contributed by atoms with Crippen LogP contribution in [0.1, 0.15) is 22.8 Å². The number of hydrogen-bond acceptors (Lipinski definition) is 3. The van der Waals surface area contributed by atoms with E-state index in [1.807, 2.05) is 0 Å². The Labute approximate surface area is 125 Å². The smallest absolute Gasteiger partial charge is 0.446 e. The summed E-state index contributed by atoms with van der Waals surface area (Å²) in [7, 11) is 0. The number of alkyl halides is 4. The predicted octanol–water partition coefficient (Wildman–Crippen LogP) is 3.89. The van der Waals surface area contributed by atoms with Crippen LogP contribution < -0.4 is 0 Å². The van der Waals surface area contributed by atoms with E-state index < -0.39 is 40.3 Å². The van der Waals surface area contributed by atoms with Gasteiger partial charge in [-0.2, -0.15) is 13.2 Å². The van der Waals surface area contributed by atoms with Gasteiger partial charge >= 0.3 is 11.5 Å². The van der Waals surface area contributed by atoms with Crippen LogP contribution in [-0.2, 0) is 11.2 Å². The van der Waals surface area contributed by atoms with Crippen molar-refractivity contribution in [3.05, 3.63) is 29.3 Å². The Morgan fingerprint density at radius 2 is 2.00 bits per heavy atom. The maximum absolute atomic E-state index is 12.5. The minimum absolute atomic E-state index is 0.00831. The van der Waals surface area contributed by atoms with Gasteiger partial charge in [0, 0.05) is 10.5 Å². The fourth-order valence-electron chi connectivity index (χ4n) is 1.56. The van der Waals surface area contributed by atoms with Gasteiger partial charge in [-0.3, -0.25) is 9.59 Å². The lowest BCUT2D eigenvalue weighted by Gasteiger charge is -2.14. The third-order valence-electron chi connectivity index (χ3n) is 2.31. The molecular formula is C12H10BrF3O3S. The third kappa shape index (κ3) is 4.82. The summed E-state index contributed by atoms with van der Waals surface area (Å²) in [6.07, 6.45) is -0.639. The van der Waals surface area contributed by atoms with Crippen molar-refractivity contribution in [1.82, 2.24) is 0 Å². The Morgan fingerprint density at radius 3 is 2.45 bits per heavy atom. The molecule has 1 rings (SSSR count). The quantitative estimate of drug-likeness (QED) is 0.485. The Balaban J connectivity index is 3.34. The van der Waals surface area contributed by atoms with Crippen LogP contribution in [0.4, 0.5) is 13.2 Å². The van der Waals surface area contributed by atoms with Crippen molar-refractivity contribution < 1.29 is 27.9 Å². The maximum atomic E-state index is 12.5. The Morgan fingerprint density at radius 1 is 1.40 bits per heavy atom. The number of hydrogen-bond donors (Lipinski definition) is 1. The molecule has 0 aliphatic heterocycles. The number of aliphatic carboxylic acids is 1. The molecule has 0 saturated heterocycles. The van der Waals surface area contributed by atoms with Crippen molar-refractivity contribution in [3.63, 3.8) is 0 Å². The van der Waals surface area contributed by atoms with Crippen LogP contribution in [0.15, 0.2) is 23.1 Å². The molecule has 1 aromatic carbocycles. The van der Waals surface area contributed by atoms with Crippen molar-refractivity contribution in [3.8, 4) is 0 Å². The minimum atomic E-state index is -4.55. The van der Waals surface area contributed by atoms with Crippen LogP contribution in [0.25, 0.3) is 0 Å². The zero-order valence-electron chi connectivity index (χ0n) is 10.2. The second kappa shape index (κ2) is 6.62. The van der Waals surface area contributed by atoms with Crippen molar-refractivity contribution in [2.75, 3.05) is 0 Å². The molecule has 1 atom stereocenters. The van der Waals surface area contributed by atoms with E-state index in [-0.39, 0.29) is 16.0 Å². The Bertz CT molecular complexity index is 529. The molecule has 0 saturated carbocycles. The third-order valence-corrected chi connectivity index (χ3v) is 3.56. The van der Waals surface area contributed by atoms with Crippen LogP contribution >= 0.6 is 27.7 Å². The number of ketones is 1. The maximum Gasteiger partial charge on any atom is 0.446 e. The van der Waals surface area contributed by atoms with Crippen molar-refractivity contribution in [1.29, 1.82) is 0 Å². The lowest BCUT2D eigenvalue weighted by atomic mass is 9.99. The minimum Gasteiger partial charge on any atom is -0.481 e. The van der Waals surface area contributed by atoms with Crippen molar-refractivity contribution in [2.24, 2.45) is 0 Å². The first-order valence-corrected chi connectivity index (χ1v) is 7.12. The summed E-state index contributed by atoms with van der Waals surface area (Å²) in [6, 6.07) is 3.80. The number of carbonyl (C=O) groups is 2. The number of rotatable bonds is 5. The first kappa shape index (κ1) is 17.0. The van der Waals surface area contributed by atoms with Gasteiger partial charge in [-0.25, -0.2) is 0 Å². The molecule has 0 bridgehead atoms. The first-order valence-electron chi connectivity index (χ1n) is 5.39. The molecule has 0 heterocycles. The summed E-state index contributed by atoms with van der Waals surface area (Å²) in [4.78, 5) is 21.9. The molecule has 0 fully saturated rings. The molecule has 110 valence electrons. The first-order chi connectivity index (χ1) is 9.11. The van der Waals surface area contributed by atoms with Crippen molar-refractivity contribution in [2.45, 2.75) is 28.6 Å². The molecule has 0 amide bonds. The second-order valence-electron chi connectivity index (χ2n) is 3.88. The van der Waals surface area contributed by atoms with E-state index in [1.165, 1.54) is 19.1 Å². The molecule has 3 nitrogen and oxygen atoms in total. The number of carboxylic acid groups (broad SMARTS) is 1. The number of benzene rings is 1. The zero-order valence-corrected chi connectivity index (χ0v) is 12.6. The molecular weight excluding hydrogens is 361 g/mol. The molecule has 20 heavy (non-hydrogen) atoms. The molecule has 1 N–H and O–H groups in total. The van der Waals surface area contributed by atoms with Gasteiger partial charge in [-0.15, -0.1) is 0 Å². The monoisotopic (exact) mass is 370 g/mol. The lowest BCUT2D eigenvalue weighted by molar-refractivity contribution is -0.136. The van der Waals surface area contributed by atoms with E-state index in [4.69, 9.17) is 5.11 Å². The largest absolute Gasteiger partial charge is 0.481 e. The fraction of sp³-hybridized carbons (Fsp3) is 0.333. The van der Waals surface area contributed by atoms with Crippen LogP contribution in [0.2, 0.25) is 0 Å². The van der Waals surface area contributed by atoms with E-state index in [0.29, 0.717) is 0 Å². The highest BCUT2D eigenvalue weighted by atomic mass is 79.9. The zero-order chi connectivity index (χ0) is 15.5. The highest BCUT2D eigenvalue weighted by Gasteiger charge is 2.32. The van der Waals surface area contributed by atoms with E-state index in [2.05, 4.69) is 15.9 Å². The van der Waals surface area contributed by atoms with Gasteiger partial charge in [0.15, 0.2) is 5.78 Å². The fourth-order valence-corrected chi connectivity index (χ4v) is 2.51. The van der Waals surface area contributed by atoms with Crippen LogP contribution in [0.5, 0.6) is 0 Å². The van der Waals surface area contributed by atoms with Gasteiger partial charge in [0.25, 0.3) is 0 Å². The SMILES string of the molecule is CC(Br)C(=O)c1cccc(SC(F)(F)F)c1CC(=O)O.